The fourth-order valence-corrected chi connectivity index (χ4v) is 2.75. The molecule has 0 N–H and O–H groups in total. The summed E-state index contributed by atoms with van der Waals surface area (Å²) in [5.41, 5.74) is 0. The zero-order valence-corrected chi connectivity index (χ0v) is 11.2. The molecule has 0 spiro atoms. The molecule has 19 heavy (non-hydrogen) atoms. The molecular formula is C14H20N4O. The molecule has 1 aromatic rings. The first-order valence-corrected chi connectivity index (χ1v) is 7.14. The molecular weight excluding hydrogens is 240 g/mol. The number of nitrogens with zero attached hydrogens (tertiary/aromatic N) is 4. The van der Waals surface area contributed by atoms with E-state index >= 15 is 0 Å². The summed E-state index contributed by atoms with van der Waals surface area (Å²) in [5, 5.41) is 0. The van der Waals surface area contributed by atoms with Gasteiger partial charge in [-0.1, -0.05) is 6.42 Å². The van der Waals surface area contributed by atoms with Crippen LogP contribution in [0.2, 0.25) is 0 Å². The number of aromatic nitrogens is 2. The Hall–Kier alpha value is -1.65. The third-order valence-corrected chi connectivity index (χ3v) is 4.15. The van der Waals surface area contributed by atoms with Crippen molar-refractivity contribution >= 4 is 11.7 Å². The second kappa shape index (κ2) is 5.55. The smallest absolute Gasteiger partial charge is 0.225 e. The van der Waals surface area contributed by atoms with Crippen LogP contribution in [0.1, 0.15) is 25.7 Å². The molecule has 1 amide bonds. The van der Waals surface area contributed by atoms with E-state index in [1.165, 1.54) is 6.42 Å². The Bertz CT molecular complexity index is 432. The van der Waals surface area contributed by atoms with Crippen molar-refractivity contribution in [2.75, 3.05) is 31.1 Å². The molecule has 1 aliphatic carbocycles. The lowest BCUT2D eigenvalue weighted by Gasteiger charge is -2.31. The Labute approximate surface area is 113 Å². The maximum atomic E-state index is 12.3. The highest BCUT2D eigenvalue weighted by Gasteiger charge is 2.30. The molecule has 1 saturated carbocycles. The molecule has 0 radical (unpaired) electrons. The van der Waals surface area contributed by atoms with E-state index in [0.29, 0.717) is 11.8 Å². The largest absolute Gasteiger partial charge is 0.355 e. The summed E-state index contributed by atoms with van der Waals surface area (Å²) in [5.74, 6) is 1.65. The first-order chi connectivity index (χ1) is 9.34. The molecule has 5 nitrogen and oxygen atoms in total. The van der Waals surface area contributed by atoms with Crippen molar-refractivity contribution in [1.29, 1.82) is 0 Å². The van der Waals surface area contributed by atoms with Crippen molar-refractivity contribution in [1.82, 2.24) is 14.9 Å². The first-order valence-electron chi connectivity index (χ1n) is 7.14. The number of carbonyl (C=O) groups excluding carboxylic acids is 1. The van der Waals surface area contributed by atoms with Gasteiger partial charge in [0.1, 0.15) is 12.1 Å². The Kier molecular flexibility index (Phi) is 3.62. The van der Waals surface area contributed by atoms with Crippen LogP contribution in [-0.4, -0.2) is 47.0 Å². The van der Waals surface area contributed by atoms with Crippen LogP contribution in [-0.2, 0) is 4.79 Å². The molecule has 0 aromatic carbocycles. The van der Waals surface area contributed by atoms with Crippen molar-refractivity contribution in [2.45, 2.75) is 25.7 Å². The predicted octanol–water partition coefficient (Wildman–Crippen LogP) is 1.32. The van der Waals surface area contributed by atoms with E-state index in [2.05, 4.69) is 14.9 Å². The maximum absolute atomic E-state index is 12.3. The van der Waals surface area contributed by atoms with Crippen molar-refractivity contribution in [3.63, 3.8) is 0 Å². The van der Waals surface area contributed by atoms with Crippen LogP contribution >= 0.6 is 0 Å². The summed E-state index contributed by atoms with van der Waals surface area (Å²) in [6.07, 6.45) is 7.76. The van der Waals surface area contributed by atoms with Crippen LogP contribution < -0.4 is 4.90 Å². The quantitative estimate of drug-likeness (QED) is 0.804. The molecule has 1 aromatic heterocycles. The van der Waals surface area contributed by atoms with Gasteiger partial charge in [0.25, 0.3) is 0 Å². The minimum absolute atomic E-state index is 0.311. The van der Waals surface area contributed by atoms with Gasteiger partial charge >= 0.3 is 0 Å². The zero-order valence-electron chi connectivity index (χ0n) is 11.2. The maximum Gasteiger partial charge on any atom is 0.225 e. The van der Waals surface area contributed by atoms with Crippen LogP contribution in [0.25, 0.3) is 0 Å². The van der Waals surface area contributed by atoms with Gasteiger partial charge in [0, 0.05) is 38.3 Å². The van der Waals surface area contributed by atoms with E-state index in [9.17, 15) is 4.79 Å². The summed E-state index contributed by atoms with van der Waals surface area (Å²) in [6.45, 7) is 3.54. The summed E-state index contributed by atoms with van der Waals surface area (Å²) in [6, 6.07) is 1.93. The van der Waals surface area contributed by atoms with Gasteiger partial charge in [-0.2, -0.15) is 0 Å². The van der Waals surface area contributed by atoms with E-state index in [4.69, 9.17) is 0 Å². The van der Waals surface area contributed by atoms with Crippen LogP contribution in [0.3, 0.4) is 0 Å². The van der Waals surface area contributed by atoms with E-state index in [1.807, 2.05) is 11.0 Å². The number of anilines is 1. The second-order valence-corrected chi connectivity index (χ2v) is 5.36. The highest BCUT2D eigenvalue weighted by molar-refractivity contribution is 5.79. The Morgan fingerprint density at radius 2 is 2.05 bits per heavy atom. The normalized spacial score (nSPS) is 20.8. The molecule has 2 aliphatic rings. The minimum atomic E-state index is 0.311. The zero-order chi connectivity index (χ0) is 13.1. The van der Waals surface area contributed by atoms with Gasteiger partial charge in [0.2, 0.25) is 5.91 Å². The monoisotopic (exact) mass is 260 g/mol. The summed E-state index contributed by atoms with van der Waals surface area (Å²) >= 11 is 0. The lowest BCUT2D eigenvalue weighted by atomic mass is 9.84. The molecule has 5 heteroatoms. The molecule has 3 rings (SSSR count). The Balaban J connectivity index is 1.61. The van der Waals surface area contributed by atoms with E-state index in [-0.39, 0.29) is 0 Å². The molecule has 0 atom stereocenters. The standard InChI is InChI=1S/C14H20N4O/c19-14(12-3-1-4-12)18-8-2-7-17(9-10-18)13-5-6-15-11-16-13/h5-6,11-12H,1-4,7-10H2. The number of carbonyl (C=O) groups is 1. The van der Waals surface area contributed by atoms with Gasteiger partial charge in [0.15, 0.2) is 0 Å². The SMILES string of the molecule is O=C(C1CCC1)N1CCCN(c2ccncn2)CC1. The topological polar surface area (TPSA) is 49.3 Å². The molecule has 0 bridgehead atoms. The van der Waals surface area contributed by atoms with E-state index in [1.54, 1.807) is 12.5 Å². The van der Waals surface area contributed by atoms with Crippen LogP contribution in [0, 0.1) is 5.92 Å². The highest BCUT2D eigenvalue weighted by Crippen LogP contribution is 2.28. The molecule has 1 saturated heterocycles. The van der Waals surface area contributed by atoms with Gasteiger partial charge in [-0.3, -0.25) is 4.79 Å². The third kappa shape index (κ3) is 2.69. The molecule has 1 aliphatic heterocycles. The second-order valence-electron chi connectivity index (χ2n) is 5.36. The van der Waals surface area contributed by atoms with Gasteiger partial charge in [-0.05, 0) is 25.3 Å². The number of hydrogen-bond acceptors (Lipinski definition) is 4. The van der Waals surface area contributed by atoms with Crippen molar-refractivity contribution in [3.05, 3.63) is 18.6 Å². The predicted molar refractivity (Wildman–Crippen MR) is 72.8 cm³/mol. The van der Waals surface area contributed by atoms with Gasteiger partial charge in [-0.15, -0.1) is 0 Å². The third-order valence-electron chi connectivity index (χ3n) is 4.15. The Morgan fingerprint density at radius 1 is 1.16 bits per heavy atom. The average molecular weight is 260 g/mol. The van der Waals surface area contributed by atoms with Gasteiger partial charge in [0.05, 0.1) is 0 Å². The number of amides is 1. The van der Waals surface area contributed by atoms with Crippen molar-refractivity contribution < 1.29 is 4.79 Å². The number of hydrogen-bond donors (Lipinski definition) is 0. The molecule has 2 heterocycles. The van der Waals surface area contributed by atoms with Crippen LogP contribution in [0.4, 0.5) is 5.82 Å². The fourth-order valence-electron chi connectivity index (χ4n) is 2.75. The van der Waals surface area contributed by atoms with Crippen molar-refractivity contribution in [2.24, 2.45) is 5.92 Å². The van der Waals surface area contributed by atoms with Crippen LogP contribution in [0.5, 0.6) is 0 Å². The lowest BCUT2D eigenvalue weighted by Crippen LogP contribution is -2.41. The highest BCUT2D eigenvalue weighted by atomic mass is 16.2. The summed E-state index contributed by atoms with van der Waals surface area (Å²) in [7, 11) is 0. The summed E-state index contributed by atoms with van der Waals surface area (Å²) < 4.78 is 0. The first kappa shape index (κ1) is 12.4. The average Bonchev–Trinajstić information content (AvgIpc) is 2.63. The van der Waals surface area contributed by atoms with E-state index < -0.39 is 0 Å². The Morgan fingerprint density at radius 3 is 2.74 bits per heavy atom. The van der Waals surface area contributed by atoms with E-state index in [0.717, 1.165) is 51.3 Å². The van der Waals surface area contributed by atoms with Crippen molar-refractivity contribution in [3.8, 4) is 0 Å². The molecule has 0 unspecified atom stereocenters. The number of rotatable bonds is 2. The van der Waals surface area contributed by atoms with Crippen LogP contribution in [0.15, 0.2) is 18.6 Å². The molecule has 2 fully saturated rings. The lowest BCUT2D eigenvalue weighted by molar-refractivity contribution is -0.137. The fraction of sp³-hybridized carbons (Fsp3) is 0.643. The van der Waals surface area contributed by atoms with Gasteiger partial charge in [-0.25, -0.2) is 9.97 Å². The van der Waals surface area contributed by atoms with Gasteiger partial charge < -0.3 is 9.80 Å². The minimum Gasteiger partial charge on any atom is -0.355 e. The molecule has 102 valence electrons. The summed E-state index contributed by atoms with van der Waals surface area (Å²) in [4.78, 5) is 24.8.